The second-order valence-electron chi connectivity index (χ2n) is 3.04. The standard InChI is InChI=1S/C8H12O4/c1-12-8(11)3-5-2-6(9)4-7(5)10/h5-6,9H,2-4H2,1H3/t5-,6-/m0/s1. The lowest BCUT2D eigenvalue weighted by atomic mass is 10.0. The summed E-state index contributed by atoms with van der Waals surface area (Å²) in [5.41, 5.74) is 0. The summed E-state index contributed by atoms with van der Waals surface area (Å²) in [7, 11) is 1.29. The van der Waals surface area contributed by atoms with E-state index in [-0.39, 0.29) is 30.5 Å². The summed E-state index contributed by atoms with van der Waals surface area (Å²) in [4.78, 5) is 21.8. The minimum Gasteiger partial charge on any atom is -0.469 e. The number of methoxy groups -OCH3 is 1. The van der Waals surface area contributed by atoms with Crippen LogP contribution < -0.4 is 0 Å². The van der Waals surface area contributed by atoms with Crippen LogP contribution in [0.3, 0.4) is 0 Å². The first-order valence-corrected chi connectivity index (χ1v) is 3.91. The Morgan fingerprint density at radius 2 is 2.42 bits per heavy atom. The van der Waals surface area contributed by atoms with Crippen LogP contribution in [-0.2, 0) is 14.3 Å². The Labute approximate surface area is 70.5 Å². The third-order valence-corrected chi connectivity index (χ3v) is 2.09. The minimum absolute atomic E-state index is 0.0344. The van der Waals surface area contributed by atoms with Crippen molar-refractivity contribution >= 4 is 11.8 Å². The summed E-state index contributed by atoms with van der Waals surface area (Å²) >= 11 is 0. The molecule has 2 atom stereocenters. The number of carbonyl (C=O) groups is 2. The van der Waals surface area contributed by atoms with Gasteiger partial charge in [0, 0.05) is 12.3 Å². The SMILES string of the molecule is COC(=O)C[C@@H]1C[C@H](O)CC1=O. The molecule has 0 aromatic carbocycles. The first kappa shape index (κ1) is 9.19. The molecule has 4 heteroatoms. The highest BCUT2D eigenvalue weighted by molar-refractivity contribution is 5.87. The van der Waals surface area contributed by atoms with E-state index in [0.717, 1.165) is 0 Å². The Morgan fingerprint density at radius 3 is 2.83 bits per heavy atom. The molecule has 1 fully saturated rings. The molecule has 0 spiro atoms. The summed E-state index contributed by atoms with van der Waals surface area (Å²) in [6.45, 7) is 0. The third kappa shape index (κ3) is 2.04. The van der Waals surface area contributed by atoms with E-state index in [1.54, 1.807) is 0 Å². The smallest absolute Gasteiger partial charge is 0.306 e. The Balaban J connectivity index is 2.43. The van der Waals surface area contributed by atoms with Gasteiger partial charge in [-0.25, -0.2) is 0 Å². The molecule has 0 bridgehead atoms. The molecule has 12 heavy (non-hydrogen) atoms. The lowest BCUT2D eigenvalue weighted by Gasteiger charge is -2.04. The van der Waals surface area contributed by atoms with Crippen molar-refractivity contribution in [3.8, 4) is 0 Å². The van der Waals surface area contributed by atoms with Gasteiger partial charge in [-0.15, -0.1) is 0 Å². The van der Waals surface area contributed by atoms with E-state index in [9.17, 15) is 9.59 Å². The van der Waals surface area contributed by atoms with E-state index in [4.69, 9.17) is 5.11 Å². The first-order chi connectivity index (χ1) is 5.63. The van der Waals surface area contributed by atoms with Crippen LogP contribution in [0.4, 0.5) is 0 Å². The van der Waals surface area contributed by atoms with Gasteiger partial charge >= 0.3 is 5.97 Å². The van der Waals surface area contributed by atoms with Crippen molar-refractivity contribution in [1.82, 2.24) is 0 Å². The van der Waals surface area contributed by atoms with E-state index < -0.39 is 6.10 Å². The maximum absolute atomic E-state index is 11.1. The first-order valence-electron chi connectivity index (χ1n) is 3.91. The highest BCUT2D eigenvalue weighted by Crippen LogP contribution is 2.24. The predicted octanol–water partition coefficient (Wildman–Crippen LogP) is -0.111. The van der Waals surface area contributed by atoms with Crippen molar-refractivity contribution < 1.29 is 19.4 Å². The number of rotatable bonds is 2. The van der Waals surface area contributed by atoms with Gasteiger partial charge in [-0.3, -0.25) is 9.59 Å². The second kappa shape index (κ2) is 3.67. The number of ether oxygens (including phenoxy) is 1. The molecule has 0 aromatic heterocycles. The topological polar surface area (TPSA) is 63.6 Å². The lowest BCUT2D eigenvalue weighted by Crippen LogP contribution is -2.13. The van der Waals surface area contributed by atoms with Crippen LogP contribution in [0.1, 0.15) is 19.3 Å². The Bertz CT molecular complexity index is 199. The van der Waals surface area contributed by atoms with Gasteiger partial charge in [-0.2, -0.15) is 0 Å². The average Bonchev–Trinajstić information content (AvgIpc) is 2.30. The van der Waals surface area contributed by atoms with Crippen LogP contribution in [0.2, 0.25) is 0 Å². The lowest BCUT2D eigenvalue weighted by molar-refractivity contribution is -0.143. The van der Waals surface area contributed by atoms with Crippen molar-refractivity contribution in [2.45, 2.75) is 25.4 Å². The molecule has 68 valence electrons. The maximum Gasteiger partial charge on any atom is 0.306 e. The Morgan fingerprint density at radius 1 is 1.75 bits per heavy atom. The number of aliphatic hydroxyl groups is 1. The minimum atomic E-state index is -0.563. The fraction of sp³-hybridized carbons (Fsp3) is 0.750. The number of aliphatic hydroxyl groups excluding tert-OH is 1. The molecule has 1 saturated carbocycles. The molecule has 1 aliphatic rings. The molecule has 1 aliphatic carbocycles. The highest BCUT2D eigenvalue weighted by Gasteiger charge is 2.32. The van der Waals surface area contributed by atoms with Gasteiger partial charge < -0.3 is 9.84 Å². The van der Waals surface area contributed by atoms with Crippen molar-refractivity contribution in [3.63, 3.8) is 0 Å². The van der Waals surface area contributed by atoms with Crippen LogP contribution in [0, 0.1) is 5.92 Å². The van der Waals surface area contributed by atoms with Crippen LogP contribution in [0.5, 0.6) is 0 Å². The van der Waals surface area contributed by atoms with Crippen molar-refractivity contribution in [2.75, 3.05) is 7.11 Å². The molecule has 4 nitrogen and oxygen atoms in total. The molecule has 0 aliphatic heterocycles. The normalized spacial score (nSPS) is 29.0. The van der Waals surface area contributed by atoms with E-state index >= 15 is 0 Å². The fourth-order valence-corrected chi connectivity index (χ4v) is 1.42. The predicted molar refractivity (Wildman–Crippen MR) is 40.4 cm³/mol. The molecule has 1 rings (SSSR count). The zero-order valence-corrected chi connectivity index (χ0v) is 6.95. The largest absolute Gasteiger partial charge is 0.469 e. The second-order valence-corrected chi connectivity index (χ2v) is 3.04. The van der Waals surface area contributed by atoms with Crippen molar-refractivity contribution in [3.05, 3.63) is 0 Å². The number of Topliss-reactive ketones (excluding diaryl/α,β-unsaturated/α-hetero) is 1. The van der Waals surface area contributed by atoms with E-state index in [1.165, 1.54) is 7.11 Å². The van der Waals surface area contributed by atoms with Gasteiger partial charge in [0.1, 0.15) is 5.78 Å². The number of hydrogen-bond acceptors (Lipinski definition) is 4. The van der Waals surface area contributed by atoms with Gasteiger partial charge in [0.25, 0.3) is 0 Å². The monoisotopic (exact) mass is 172 g/mol. The summed E-state index contributed by atoms with van der Waals surface area (Å²) < 4.78 is 4.42. The van der Waals surface area contributed by atoms with Gasteiger partial charge in [0.05, 0.1) is 19.6 Å². The van der Waals surface area contributed by atoms with Gasteiger partial charge in [-0.05, 0) is 6.42 Å². The van der Waals surface area contributed by atoms with E-state index in [2.05, 4.69) is 4.74 Å². The number of carbonyl (C=O) groups excluding carboxylic acids is 2. The van der Waals surface area contributed by atoms with Gasteiger partial charge in [-0.1, -0.05) is 0 Å². The molecule has 0 amide bonds. The van der Waals surface area contributed by atoms with Crippen molar-refractivity contribution in [2.24, 2.45) is 5.92 Å². The molecule has 0 radical (unpaired) electrons. The molecular weight excluding hydrogens is 160 g/mol. The highest BCUT2D eigenvalue weighted by atomic mass is 16.5. The van der Waals surface area contributed by atoms with Gasteiger partial charge in [0.15, 0.2) is 0 Å². The van der Waals surface area contributed by atoms with Crippen LogP contribution in [0.25, 0.3) is 0 Å². The maximum atomic E-state index is 11.1. The molecule has 0 heterocycles. The number of ketones is 1. The molecular formula is C8H12O4. The number of hydrogen-bond donors (Lipinski definition) is 1. The summed E-state index contributed by atoms with van der Waals surface area (Å²) in [5.74, 6) is -0.747. The van der Waals surface area contributed by atoms with Crippen LogP contribution in [0.15, 0.2) is 0 Å². The molecule has 0 aromatic rings. The Kier molecular flexibility index (Phi) is 2.81. The van der Waals surface area contributed by atoms with Crippen molar-refractivity contribution in [1.29, 1.82) is 0 Å². The molecule has 0 unspecified atom stereocenters. The zero-order valence-electron chi connectivity index (χ0n) is 6.95. The summed E-state index contributed by atoms with van der Waals surface area (Å²) in [5, 5.41) is 9.08. The quantitative estimate of drug-likeness (QED) is 0.590. The molecule has 1 N–H and O–H groups in total. The van der Waals surface area contributed by atoms with Crippen LogP contribution in [-0.4, -0.2) is 30.1 Å². The van der Waals surface area contributed by atoms with E-state index in [0.29, 0.717) is 6.42 Å². The Hall–Kier alpha value is -0.900. The van der Waals surface area contributed by atoms with Gasteiger partial charge in [0.2, 0.25) is 0 Å². The fourth-order valence-electron chi connectivity index (χ4n) is 1.42. The molecule has 0 saturated heterocycles. The zero-order chi connectivity index (χ0) is 9.14. The summed E-state index contributed by atoms with van der Waals surface area (Å²) in [6, 6.07) is 0. The number of esters is 1. The van der Waals surface area contributed by atoms with Crippen LogP contribution >= 0.6 is 0 Å². The third-order valence-electron chi connectivity index (χ3n) is 2.09. The summed E-state index contributed by atoms with van der Waals surface area (Å²) in [6.07, 6.45) is 0.120. The average molecular weight is 172 g/mol. The van der Waals surface area contributed by atoms with E-state index in [1.807, 2.05) is 0 Å².